The Hall–Kier alpha value is -3.09. The average Bonchev–Trinajstić information content (AvgIpc) is 3.15. The van der Waals surface area contributed by atoms with E-state index in [1.165, 1.54) is 4.57 Å². The topological polar surface area (TPSA) is 88.5 Å². The summed E-state index contributed by atoms with van der Waals surface area (Å²) in [5.74, 6) is 0. The highest BCUT2D eigenvalue weighted by atomic mass is 16.1. The number of hydrogen-bond acceptors (Lipinski definition) is 3. The van der Waals surface area contributed by atoms with Crippen molar-refractivity contribution in [2.45, 2.75) is 27.7 Å². The van der Waals surface area contributed by atoms with Crippen molar-refractivity contribution in [2.24, 2.45) is 14.1 Å². The second-order valence-corrected chi connectivity index (χ2v) is 4.87. The highest BCUT2D eigenvalue weighted by Gasteiger charge is 2.00. The Bertz CT molecular complexity index is 967. The van der Waals surface area contributed by atoms with Gasteiger partial charge in [-0.1, -0.05) is 39.8 Å². The Kier molecular flexibility index (Phi) is 8.08. The highest BCUT2D eigenvalue weighted by molar-refractivity contribution is 5.74. The Balaban J connectivity index is 0.000000219. The van der Waals surface area contributed by atoms with Gasteiger partial charge in [-0.3, -0.25) is 14.1 Å². The number of benzene rings is 1. The molecule has 0 atom stereocenters. The van der Waals surface area contributed by atoms with Gasteiger partial charge in [0.25, 0.3) is 0 Å². The smallest absolute Gasteiger partial charge is 0.306 e. The Morgan fingerprint density at radius 2 is 1.31 bits per heavy atom. The number of fused-ring (bicyclic) bond motifs is 2. The van der Waals surface area contributed by atoms with E-state index >= 15 is 0 Å². The molecule has 0 saturated heterocycles. The molecule has 0 aliphatic carbocycles. The molecule has 3 heterocycles. The fraction of sp³-hybridized carbons (Fsp3) is 0.316. The van der Waals surface area contributed by atoms with E-state index in [9.17, 15) is 9.59 Å². The van der Waals surface area contributed by atoms with Crippen LogP contribution in [0.2, 0.25) is 0 Å². The van der Waals surface area contributed by atoms with E-state index in [4.69, 9.17) is 0 Å². The van der Waals surface area contributed by atoms with E-state index in [1.54, 1.807) is 30.9 Å². The number of rotatable bonds is 0. The minimum absolute atomic E-state index is 0.0637. The first-order valence-electron chi connectivity index (χ1n) is 8.71. The lowest BCUT2D eigenvalue weighted by Gasteiger charge is -1.89. The maximum absolute atomic E-state index is 11.0. The largest absolute Gasteiger partial charge is 0.327 e. The zero-order valence-electron chi connectivity index (χ0n) is 16.2. The molecule has 0 spiro atoms. The quantitative estimate of drug-likeness (QED) is 0.506. The number of pyridine rings is 1. The summed E-state index contributed by atoms with van der Waals surface area (Å²) in [6, 6.07) is 11.3. The number of aromatic nitrogens is 5. The molecular formula is C19H27N5O2. The first kappa shape index (κ1) is 21.0. The normalized spacial score (nSPS) is 9.46. The van der Waals surface area contributed by atoms with Crippen molar-refractivity contribution in [3.63, 3.8) is 0 Å². The number of hydrogen-bond donors (Lipinski definition) is 2. The molecule has 4 rings (SSSR count). The molecule has 0 amide bonds. The molecule has 0 radical (unpaired) electrons. The number of nitrogens with zero attached hydrogens (tertiary/aromatic N) is 3. The standard InChI is InChI=1S/C8H8N2O.C7H7N3O.2C2H6/c1-10-7-5-3-2-4-6(7)9-8(10)11;1-10-5-3-2-4-8-6(5)9-7(10)11;2*1-2/h2-5H,1H3,(H,9,11);2-4H,1H3,(H,8,9,11);2*1-2H3. The summed E-state index contributed by atoms with van der Waals surface area (Å²) in [4.78, 5) is 31.4. The lowest BCUT2D eigenvalue weighted by atomic mass is 10.3. The second-order valence-electron chi connectivity index (χ2n) is 4.87. The van der Waals surface area contributed by atoms with Crippen LogP contribution in [0.15, 0.2) is 52.2 Å². The van der Waals surface area contributed by atoms with E-state index in [1.807, 2.05) is 58.0 Å². The lowest BCUT2D eigenvalue weighted by Crippen LogP contribution is -2.11. The maximum Gasteiger partial charge on any atom is 0.327 e. The average molecular weight is 357 g/mol. The van der Waals surface area contributed by atoms with Crippen LogP contribution in [0.3, 0.4) is 0 Å². The molecule has 0 fully saturated rings. The third kappa shape index (κ3) is 4.50. The molecule has 3 aromatic heterocycles. The van der Waals surface area contributed by atoms with Crippen LogP contribution in [0.5, 0.6) is 0 Å². The molecule has 7 nitrogen and oxygen atoms in total. The van der Waals surface area contributed by atoms with Crippen LogP contribution in [-0.4, -0.2) is 24.1 Å². The van der Waals surface area contributed by atoms with Gasteiger partial charge in [0.15, 0.2) is 5.65 Å². The fourth-order valence-corrected chi connectivity index (χ4v) is 2.24. The summed E-state index contributed by atoms with van der Waals surface area (Å²) in [5.41, 5.74) is 3.11. The minimum Gasteiger partial charge on any atom is -0.306 e. The molecule has 26 heavy (non-hydrogen) atoms. The Morgan fingerprint density at radius 1 is 0.769 bits per heavy atom. The molecule has 0 unspecified atom stereocenters. The zero-order chi connectivity index (χ0) is 19.7. The van der Waals surface area contributed by atoms with Crippen molar-refractivity contribution < 1.29 is 0 Å². The first-order chi connectivity index (χ1) is 12.6. The monoisotopic (exact) mass is 357 g/mol. The van der Waals surface area contributed by atoms with Crippen LogP contribution in [0, 0.1) is 0 Å². The van der Waals surface area contributed by atoms with Crippen molar-refractivity contribution in [1.82, 2.24) is 24.1 Å². The van der Waals surface area contributed by atoms with E-state index < -0.39 is 0 Å². The predicted octanol–water partition coefficient (Wildman–Crippen LogP) is 3.18. The van der Waals surface area contributed by atoms with Crippen LogP contribution < -0.4 is 11.4 Å². The fourth-order valence-electron chi connectivity index (χ4n) is 2.24. The van der Waals surface area contributed by atoms with Gasteiger partial charge in [0.1, 0.15) is 0 Å². The minimum atomic E-state index is -0.126. The van der Waals surface area contributed by atoms with Gasteiger partial charge in [-0.05, 0) is 24.3 Å². The second kappa shape index (κ2) is 10.0. The van der Waals surface area contributed by atoms with Gasteiger partial charge in [-0.15, -0.1) is 0 Å². The van der Waals surface area contributed by atoms with E-state index in [-0.39, 0.29) is 11.4 Å². The van der Waals surface area contributed by atoms with E-state index in [0.717, 1.165) is 16.6 Å². The predicted molar refractivity (Wildman–Crippen MR) is 108 cm³/mol. The van der Waals surface area contributed by atoms with E-state index in [2.05, 4.69) is 15.0 Å². The molecular weight excluding hydrogens is 330 g/mol. The van der Waals surface area contributed by atoms with Crippen molar-refractivity contribution >= 4 is 22.2 Å². The molecule has 4 aromatic rings. The van der Waals surface area contributed by atoms with Crippen molar-refractivity contribution in [1.29, 1.82) is 0 Å². The molecule has 140 valence electrons. The number of aromatic amines is 2. The summed E-state index contributed by atoms with van der Waals surface area (Å²) in [7, 11) is 3.46. The van der Waals surface area contributed by atoms with Crippen LogP contribution in [-0.2, 0) is 14.1 Å². The molecule has 0 aliphatic heterocycles. The van der Waals surface area contributed by atoms with Crippen LogP contribution >= 0.6 is 0 Å². The van der Waals surface area contributed by atoms with Crippen LogP contribution in [0.4, 0.5) is 0 Å². The molecule has 2 N–H and O–H groups in total. The summed E-state index contributed by atoms with van der Waals surface area (Å²) in [6.07, 6.45) is 1.65. The van der Waals surface area contributed by atoms with Gasteiger partial charge in [0, 0.05) is 20.3 Å². The Morgan fingerprint density at radius 3 is 1.92 bits per heavy atom. The number of aryl methyl sites for hydroxylation is 2. The molecule has 0 saturated carbocycles. The third-order valence-electron chi connectivity index (χ3n) is 3.49. The van der Waals surface area contributed by atoms with Gasteiger partial charge in [-0.25, -0.2) is 14.6 Å². The van der Waals surface area contributed by atoms with Gasteiger partial charge in [0.05, 0.1) is 16.6 Å². The molecule has 0 bridgehead atoms. The SMILES string of the molecule is CC.CC.Cn1c(=O)[nH]c2ccccc21.Cn1c(=O)[nH]c2ncccc21. The lowest BCUT2D eigenvalue weighted by molar-refractivity contribution is 0.891. The third-order valence-corrected chi connectivity index (χ3v) is 3.49. The number of nitrogens with one attached hydrogen (secondary N) is 2. The molecule has 7 heteroatoms. The molecule has 1 aromatic carbocycles. The number of para-hydroxylation sites is 2. The van der Waals surface area contributed by atoms with Crippen molar-refractivity contribution in [2.75, 3.05) is 0 Å². The van der Waals surface area contributed by atoms with Gasteiger partial charge in [0.2, 0.25) is 0 Å². The summed E-state index contributed by atoms with van der Waals surface area (Å²) in [6.45, 7) is 8.00. The van der Waals surface area contributed by atoms with Gasteiger partial charge < -0.3 is 4.98 Å². The zero-order valence-corrected chi connectivity index (χ0v) is 16.2. The first-order valence-corrected chi connectivity index (χ1v) is 8.71. The van der Waals surface area contributed by atoms with Crippen molar-refractivity contribution in [3.05, 3.63) is 63.6 Å². The van der Waals surface area contributed by atoms with Crippen molar-refractivity contribution in [3.8, 4) is 0 Å². The number of imidazole rings is 2. The highest BCUT2D eigenvalue weighted by Crippen LogP contribution is 2.06. The maximum atomic E-state index is 11.0. The van der Waals surface area contributed by atoms with Crippen LogP contribution in [0.25, 0.3) is 22.2 Å². The van der Waals surface area contributed by atoms with Gasteiger partial charge in [-0.2, -0.15) is 0 Å². The summed E-state index contributed by atoms with van der Waals surface area (Å²) >= 11 is 0. The summed E-state index contributed by atoms with van der Waals surface area (Å²) in [5, 5.41) is 0. The summed E-state index contributed by atoms with van der Waals surface area (Å²) < 4.78 is 3.12. The van der Waals surface area contributed by atoms with E-state index in [0.29, 0.717) is 5.65 Å². The van der Waals surface area contributed by atoms with Gasteiger partial charge >= 0.3 is 11.4 Å². The number of H-pyrrole nitrogens is 2. The molecule has 0 aliphatic rings. The van der Waals surface area contributed by atoms with Crippen LogP contribution in [0.1, 0.15) is 27.7 Å². The Labute approximate surface area is 152 Å².